The molecule has 8 heavy (non-hydrogen) atoms. The van der Waals surface area contributed by atoms with Gasteiger partial charge in [-0.2, -0.15) is 0 Å². The third-order valence-electron chi connectivity index (χ3n) is 0.901. The largest absolute Gasteiger partial charge is 0.330 e. The van der Waals surface area contributed by atoms with E-state index in [0.29, 0.717) is 6.54 Å². The lowest BCUT2D eigenvalue weighted by molar-refractivity contribution is 0.676. The first-order chi connectivity index (χ1) is 3.56. The molecule has 0 spiro atoms. The van der Waals surface area contributed by atoms with Crippen LogP contribution in [0, 0.1) is 0 Å². The molecule has 0 saturated carbocycles. The molecule has 0 radical (unpaired) electrons. The first-order valence-corrected chi connectivity index (χ1v) is 5.59. The van der Waals surface area contributed by atoms with Crippen LogP contribution in [-0.4, -0.2) is 29.0 Å². The van der Waals surface area contributed by atoms with Gasteiger partial charge in [-0.05, 0) is 25.5 Å². The molecule has 0 amide bonds. The first-order valence-electron chi connectivity index (χ1n) is 2.80. The second-order valence-electron chi connectivity index (χ2n) is 2.44. The van der Waals surface area contributed by atoms with Crippen LogP contribution in [-0.2, 0) is 9.93 Å². The number of thiol groups is 1. The Bertz CT molecular complexity index is 96.6. The summed E-state index contributed by atoms with van der Waals surface area (Å²) in [5, 5.41) is 0. The summed E-state index contributed by atoms with van der Waals surface area (Å²) >= 11 is 0. The minimum absolute atomic E-state index is 0.658. The minimum atomic E-state index is -1.76. The molecule has 0 heterocycles. The third kappa shape index (κ3) is 6.11. The lowest BCUT2D eigenvalue weighted by Crippen LogP contribution is -2.14. The van der Waals surface area contributed by atoms with Crippen LogP contribution in [0.3, 0.4) is 0 Å². The van der Waals surface area contributed by atoms with E-state index in [1.165, 1.54) is 0 Å². The first kappa shape index (κ1) is 8.11. The van der Waals surface area contributed by atoms with Gasteiger partial charge in [-0.3, -0.25) is 4.21 Å². The van der Waals surface area contributed by atoms with Crippen LogP contribution in [0.4, 0.5) is 0 Å². The molecule has 2 nitrogen and oxygen atoms in total. The fraction of sp³-hybridized carbons (Fsp3) is 1.00. The smallest absolute Gasteiger partial charge is 0.00197 e. The molecule has 0 atom stereocenters. The van der Waals surface area contributed by atoms with E-state index in [0.717, 1.165) is 12.2 Å². The summed E-state index contributed by atoms with van der Waals surface area (Å²) in [7, 11) is -1.76. The Hall–Kier alpha value is 0.110. The molecular formula is C5H15NOS. The molecule has 0 aliphatic rings. The van der Waals surface area contributed by atoms with E-state index in [-0.39, 0.29) is 0 Å². The Labute approximate surface area is 51.9 Å². The Morgan fingerprint density at radius 2 is 2.00 bits per heavy atom. The zero-order chi connectivity index (χ0) is 6.62. The Kier molecular flexibility index (Phi) is 3.24. The summed E-state index contributed by atoms with van der Waals surface area (Å²) in [6, 6.07) is 0. The second kappa shape index (κ2) is 3.20. The molecule has 0 aromatic heterocycles. The Morgan fingerprint density at radius 1 is 1.50 bits per heavy atom. The van der Waals surface area contributed by atoms with Crippen LogP contribution >= 0.6 is 0 Å². The molecule has 0 unspecified atom stereocenters. The quantitative estimate of drug-likeness (QED) is 0.520. The lowest BCUT2D eigenvalue weighted by Gasteiger charge is -2.08. The molecule has 0 rings (SSSR count). The summed E-state index contributed by atoms with van der Waals surface area (Å²) in [5.41, 5.74) is 5.21. The van der Waals surface area contributed by atoms with Crippen LogP contribution in [0.5, 0.6) is 0 Å². The molecule has 0 saturated heterocycles. The van der Waals surface area contributed by atoms with E-state index in [1.54, 1.807) is 12.5 Å². The molecule has 3 heteroatoms. The van der Waals surface area contributed by atoms with Gasteiger partial charge in [0.25, 0.3) is 0 Å². The van der Waals surface area contributed by atoms with E-state index >= 15 is 0 Å². The maximum Gasteiger partial charge on any atom is 0.00197 e. The zero-order valence-electron chi connectivity index (χ0n) is 5.55. The number of rotatable bonds is 3. The molecule has 0 bridgehead atoms. The van der Waals surface area contributed by atoms with E-state index in [9.17, 15) is 4.21 Å². The molecular weight excluding hydrogens is 122 g/mol. The van der Waals surface area contributed by atoms with Crippen molar-refractivity contribution in [2.75, 3.05) is 24.8 Å². The highest BCUT2D eigenvalue weighted by Crippen LogP contribution is 1.93. The van der Waals surface area contributed by atoms with Crippen LogP contribution in [0.1, 0.15) is 6.42 Å². The van der Waals surface area contributed by atoms with Gasteiger partial charge >= 0.3 is 0 Å². The Morgan fingerprint density at radius 3 is 2.12 bits per heavy atom. The van der Waals surface area contributed by atoms with Gasteiger partial charge in [0.1, 0.15) is 0 Å². The van der Waals surface area contributed by atoms with Crippen LogP contribution in [0.2, 0.25) is 0 Å². The van der Waals surface area contributed by atoms with Crippen molar-refractivity contribution >= 4 is 9.93 Å². The summed E-state index contributed by atoms with van der Waals surface area (Å²) in [6.07, 6.45) is 4.48. The van der Waals surface area contributed by atoms with Gasteiger partial charge in [0.05, 0.1) is 0 Å². The lowest BCUT2D eigenvalue weighted by atomic mass is 10.5. The highest BCUT2D eigenvalue weighted by atomic mass is 32.2. The van der Waals surface area contributed by atoms with Gasteiger partial charge in [-0.25, -0.2) is 0 Å². The van der Waals surface area contributed by atoms with Crippen molar-refractivity contribution in [2.24, 2.45) is 5.73 Å². The monoisotopic (exact) mass is 137 g/mol. The highest BCUT2D eigenvalue weighted by molar-refractivity contribution is 8.01. The van der Waals surface area contributed by atoms with Gasteiger partial charge in [0.2, 0.25) is 0 Å². The van der Waals surface area contributed by atoms with Crippen LogP contribution in [0.15, 0.2) is 0 Å². The fourth-order valence-electron chi connectivity index (χ4n) is 0.472. The Balaban J connectivity index is 3.26. The maximum absolute atomic E-state index is 10.9. The SMILES string of the molecule is C[SH](C)(=O)CCCN. The summed E-state index contributed by atoms with van der Waals surface area (Å²) in [6.45, 7) is 0.658. The maximum atomic E-state index is 10.9. The standard InChI is InChI=1S/C5H15NOS/c1-8(2,7)5-3-4-6/h8H,3-6H2,1-2H3. The van der Waals surface area contributed by atoms with Crippen LogP contribution < -0.4 is 5.73 Å². The summed E-state index contributed by atoms with van der Waals surface area (Å²) in [5.74, 6) is 0.795. The highest BCUT2D eigenvalue weighted by Gasteiger charge is 1.96. The summed E-state index contributed by atoms with van der Waals surface area (Å²) < 4.78 is 10.9. The van der Waals surface area contributed by atoms with Gasteiger partial charge in [0, 0.05) is 5.75 Å². The second-order valence-corrected chi connectivity index (χ2v) is 6.03. The predicted molar refractivity (Wildman–Crippen MR) is 39.9 cm³/mol. The van der Waals surface area contributed by atoms with Crippen molar-refractivity contribution in [1.29, 1.82) is 0 Å². The third-order valence-corrected chi connectivity index (χ3v) is 2.29. The predicted octanol–water partition coefficient (Wildman–Crippen LogP) is -0.389. The fourth-order valence-corrected chi connectivity index (χ4v) is 1.42. The van der Waals surface area contributed by atoms with Crippen molar-refractivity contribution in [2.45, 2.75) is 6.42 Å². The summed E-state index contributed by atoms with van der Waals surface area (Å²) in [4.78, 5) is 0. The van der Waals surface area contributed by atoms with Gasteiger partial charge in [0.15, 0.2) is 0 Å². The molecule has 0 aromatic carbocycles. The van der Waals surface area contributed by atoms with Crippen molar-refractivity contribution < 1.29 is 4.21 Å². The van der Waals surface area contributed by atoms with Crippen molar-refractivity contribution in [1.82, 2.24) is 0 Å². The van der Waals surface area contributed by atoms with E-state index in [1.807, 2.05) is 0 Å². The van der Waals surface area contributed by atoms with Crippen molar-refractivity contribution in [3.63, 3.8) is 0 Å². The normalized spacial score (nSPS) is 13.9. The average Bonchev–Trinajstić information content (AvgIpc) is 1.59. The van der Waals surface area contributed by atoms with Gasteiger partial charge in [-0.15, -0.1) is 9.93 Å². The molecule has 52 valence electrons. The van der Waals surface area contributed by atoms with Gasteiger partial charge < -0.3 is 5.73 Å². The van der Waals surface area contributed by atoms with Gasteiger partial charge in [-0.1, -0.05) is 0 Å². The van der Waals surface area contributed by atoms with Crippen LogP contribution in [0.25, 0.3) is 0 Å². The minimum Gasteiger partial charge on any atom is -0.330 e. The van der Waals surface area contributed by atoms with E-state index in [2.05, 4.69) is 0 Å². The van der Waals surface area contributed by atoms with Crippen molar-refractivity contribution in [3.05, 3.63) is 0 Å². The number of hydrogen-bond donors (Lipinski definition) is 2. The van der Waals surface area contributed by atoms with E-state index < -0.39 is 9.93 Å². The van der Waals surface area contributed by atoms with Crippen molar-refractivity contribution in [3.8, 4) is 0 Å². The topological polar surface area (TPSA) is 43.1 Å². The molecule has 2 N–H and O–H groups in total. The molecule has 0 fully saturated rings. The zero-order valence-corrected chi connectivity index (χ0v) is 6.45. The average molecular weight is 137 g/mol. The van der Waals surface area contributed by atoms with E-state index in [4.69, 9.17) is 5.73 Å². The number of hydrogen-bond acceptors (Lipinski definition) is 2. The molecule has 0 aliphatic carbocycles. The molecule has 0 aromatic rings. The molecule has 0 aliphatic heterocycles. The number of nitrogens with two attached hydrogens (primary N) is 1.